The molecule has 3 heteroatoms. The molecule has 0 bridgehead atoms. The quantitative estimate of drug-likeness (QED) is 0.625. The maximum absolute atomic E-state index is 3.54. The van der Waals surface area contributed by atoms with E-state index in [-0.39, 0.29) is 5.41 Å². The van der Waals surface area contributed by atoms with E-state index in [1.54, 1.807) is 0 Å². The number of hydrogen-bond acceptors (Lipinski definition) is 0. The van der Waals surface area contributed by atoms with Gasteiger partial charge in [0, 0.05) is 20.6 Å². The lowest BCUT2D eigenvalue weighted by molar-refractivity contribution is 0.645. The maximum atomic E-state index is 3.54. The van der Waals surface area contributed by atoms with E-state index in [4.69, 9.17) is 0 Å². The first-order valence-corrected chi connectivity index (χ1v) is 7.03. The fourth-order valence-corrected chi connectivity index (χ4v) is 2.61. The highest BCUT2D eigenvalue weighted by Crippen LogP contribution is 2.31. The van der Waals surface area contributed by atoms with Crippen molar-refractivity contribution in [2.75, 3.05) is 10.7 Å². The highest BCUT2D eigenvalue weighted by atomic mass is 79.9. The van der Waals surface area contributed by atoms with Gasteiger partial charge in [0.15, 0.2) is 0 Å². The summed E-state index contributed by atoms with van der Waals surface area (Å²) in [6.45, 7) is 2.20. The molecule has 1 rings (SSSR count). The first kappa shape index (κ1) is 11.7. The van der Waals surface area contributed by atoms with Crippen LogP contribution in [0.2, 0.25) is 0 Å². The van der Waals surface area contributed by atoms with Gasteiger partial charge < -0.3 is 0 Å². The number of allylic oxidation sites excluding steroid dienone is 6. The van der Waals surface area contributed by atoms with Crippen LogP contribution in [0.4, 0.5) is 0 Å². The van der Waals surface area contributed by atoms with Crippen molar-refractivity contribution in [3.8, 4) is 0 Å². The second-order valence-electron chi connectivity index (χ2n) is 3.35. The summed E-state index contributed by atoms with van der Waals surface area (Å²) < 4.78 is 1.15. The van der Waals surface area contributed by atoms with Crippen LogP contribution in [0, 0.1) is 5.41 Å². The summed E-state index contributed by atoms with van der Waals surface area (Å²) >= 11 is 10.5. The number of rotatable bonds is 2. The van der Waals surface area contributed by atoms with Crippen molar-refractivity contribution in [2.24, 2.45) is 5.41 Å². The van der Waals surface area contributed by atoms with Gasteiger partial charge in [-0.2, -0.15) is 0 Å². The third-order valence-electron chi connectivity index (χ3n) is 1.91. The lowest BCUT2D eigenvalue weighted by Crippen LogP contribution is -2.10. The average Bonchev–Trinajstić information content (AvgIpc) is 2.25. The Morgan fingerprint density at radius 3 is 2.62 bits per heavy atom. The molecule has 72 valence electrons. The molecule has 0 N–H and O–H groups in total. The largest absolute Gasteiger partial charge is 0.0915 e. The van der Waals surface area contributed by atoms with Crippen LogP contribution >= 0.6 is 47.8 Å². The molecule has 0 radical (unpaired) electrons. The predicted octanol–water partition coefficient (Wildman–Crippen LogP) is 4.56. The summed E-state index contributed by atoms with van der Waals surface area (Å²) in [6.07, 6.45) is 8.75. The Bertz CT molecular complexity index is 276. The van der Waals surface area contributed by atoms with Crippen LogP contribution in [0.15, 0.2) is 34.4 Å². The first-order valence-electron chi connectivity index (χ1n) is 4.00. The molecular weight excluding hydrogens is 360 g/mol. The maximum Gasteiger partial charge on any atom is 0.0283 e. The van der Waals surface area contributed by atoms with Crippen molar-refractivity contribution in [3.63, 3.8) is 0 Å². The molecule has 1 atom stereocenters. The zero-order valence-electron chi connectivity index (χ0n) is 7.36. The topological polar surface area (TPSA) is 0 Å². The molecule has 0 heterocycles. The zero-order chi connectivity index (χ0) is 9.90. The van der Waals surface area contributed by atoms with Crippen molar-refractivity contribution in [2.45, 2.75) is 6.92 Å². The summed E-state index contributed by atoms with van der Waals surface area (Å²) in [7, 11) is 0. The Morgan fingerprint density at radius 1 is 1.38 bits per heavy atom. The Hall–Kier alpha value is 0.660. The van der Waals surface area contributed by atoms with E-state index in [1.165, 1.54) is 5.57 Å². The average molecular weight is 371 g/mol. The molecular formula is C10H11Br3. The monoisotopic (exact) mass is 368 g/mol. The standard InChI is InChI=1S/C10H11Br3/c1-10(7-12)3-2-8(6-11)4-9(13)5-10/h2-5H,6-7H2,1H3. The van der Waals surface area contributed by atoms with Crippen molar-refractivity contribution < 1.29 is 0 Å². The summed E-state index contributed by atoms with van der Waals surface area (Å²) in [5, 5.41) is 1.83. The van der Waals surface area contributed by atoms with Gasteiger partial charge in [-0.1, -0.05) is 72.9 Å². The summed E-state index contributed by atoms with van der Waals surface area (Å²) in [5.41, 5.74) is 1.40. The van der Waals surface area contributed by atoms with Crippen molar-refractivity contribution in [1.82, 2.24) is 0 Å². The third kappa shape index (κ3) is 3.37. The molecule has 0 aromatic rings. The molecule has 1 aliphatic carbocycles. The Labute approximate surface area is 105 Å². The zero-order valence-corrected chi connectivity index (χ0v) is 12.1. The Morgan fingerprint density at radius 2 is 2.08 bits per heavy atom. The molecule has 0 spiro atoms. The fourth-order valence-electron chi connectivity index (χ4n) is 1.09. The predicted molar refractivity (Wildman–Crippen MR) is 69.9 cm³/mol. The van der Waals surface area contributed by atoms with Crippen LogP contribution in [0.1, 0.15) is 6.92 Å². The molecule has 1 unspecified atom stereocenters. The summed E-state index contributed by atoms with van der Waals surface area (Å²) in [4.78, 5) is 0. The molecule has 13 heavy (non-hydrogen) atoms. The minimum Gasteiger partial charge on any atom is -0.0915 e. The molecule has 0 fully saturated rings. The minimum atomic E-state index is 0.110. The van der Waals surface area contributed by atoms with E-state index in [9.17, 15) is 0 Å². The summed E-state index contributed by atoms with van der Waals surface area (Å²) in [5.74, 6) is 0. The SMILES string of the molecule is CC1(CBr)C=CC(CBr)=CC(Br)=C1. The van der Waals surface area contributed by atoms with E-state index < -0.39 is 0 Å². The number of hydrogen-bond donors (Lipinski definition) is 0. The smallest absolute Gasteiger partial charge is 0.0283 e. The Kier molecular flexibility index (Phi) is 4.46. The first-order chi connectivity index (χ1) is 6.09. The van der Waals surface area contributed by atoms with E-state index in [1.807, 2.05) is 0 Å². The van der Waals surface area contributed by atoms with E-state index in [0.29, 0.717) is 0 Å². The molecule has 0 aromatic heterocycles. The Balaban J connectivity index is 2.99. The number of alkyl halides is 2. The van der Waals surface area contributed by atoms with Crippen LogP contribution in [-0.2, 0) is 0 Å². The van der Waals surface area contributed by atoms with Crippen molar-refractivity contribution in [3.05, 3.63) is 34.4 Å². The second kappa shape index (κ2) is 4.94. The highest BCUT2D eigenvalue weighted by Gasteiger charge is 2.18. The molecule has 0 amide bonds. The van der Waals surface area contributed by atoms with Crippen molar-refractivity contribution >= 4 is 47.8 Å². The molecule has 1 aliphatic rings. The van der Waals surface area contributed by atoms with Crippen LogP contribution in [-0.4, -0.2) is 10.7 Å². The second-order valence-corrected chi connectivity index (χ2v) is 5.39. The van der Waals surface area contributed by atoms with Crippen LogP contribution in [0.25, 0.3) is 0 Å². The lowest BCUT2D eigenvalue weighted by atomic mass is 9.93. The van der Waals surface area contributed by atoms with Gasteiger partial charge in [0.05, 0.1) is 0 Å². The molecule has 0 aliphatic heterocycles. The van der Waals surface area contributed by atoms with E-state index in [0.717, 1.165) is 15.1 Å². The van der Waals surface area contributed by atoms with Gasteiger partial charge in [0.25, 0.3) is 0 Å². The third-order valence-corrected chi connectivity index (χ3v) is 4.22. The molecule has 0 saturated carbocycles. The van der Waals surface area contributed by atoms with Gasteiger partial charge in [0.2, 0.25) is 0 Å². The van der Waals surface area contributed by atoms with Gasteiger partial charge in [-0.15, -0.1) is 0 Å². The lowest BCUT2D eigenvalue weighted by Gasteiger charge is -2.17. The van der Waals surface area contributed by atoms with Gasteiger partial charge in [-0.25, -0.2) is 0 Å². The van der Waals surface area contributed by atoms with Crippen molar-refractivity contribution in [1.29, 1.82) is 0 Å². The van der Waals surface area contributed by atoms with Gasteiger partial charge in [-0.05, 0) is 11.6 Å². The normalized spacial score (nSPS) is 28.0. The minimum absolute atomic E-state index is 0.110. The summed E-state index contributed by atoms with van der Waals surface area (Å²) in [6, 6.07) is 0. The van der Waals surface area contributed by atoms with Gasteiger partial charge in [0.1, 0.15) is 0 Å². The molecule has 0 aromatic carbocycles. The molecule has 0 nitrogen and oxygen atoms in total. The van der Waals surface area contributed by atoms with Gasteiger partial charge in [-0.3, -0.25) is 0 Å². The van der Waals surface area contributed by atoms with Gasteiger partial charge >= 0.3 is 0 Å². The molecule has 0 saturated heterocycles. The van der Waals surface area contributed by atoms with Crippen LogP contribution in [0.3, 0.4) is 0 Å². The van der Waals surface area contributed by atoms with E-state index in [2.05, 4.69) is 79.0 Å². The van der Waals surface area contributed by atoms with E-state index >= 15 is 0 Å². The van der Waals surface area contributed by atoms with Crippen LogP contribution in [0.5, 0.6) is 0 Å². The van der Waals surface area contributed by atoms with Crippen LogP contribution < -0.4 is 0 Å². The fraction of sp³-hybridized carbons (Fsp3) is 0.400. The number of halogens is 3. The highest BCUT2D eigenvalue weighted by molar-refractivity contribution is 9.12.